The highest BCUT2D eigenvalue weighted by Crippen LogP contribution is 2.35. The predicted molar refractivity (Wildman–Crippen MR) is 89.0 cm³/mol. The van der Waals surface area contributed by atoms with Crippen LogP contribution < -0.4 is 14.8 Å². The molecule has 0 unspecified atom stereocenters. The smallest absolute Gasteiger partial charge is 0.276 e. The van der Waals surface area contributed by atoms with E-state index in [0.717, 1.165) is 18.7 Å². The minimum absolute atomic E-state index is 0. The number of fused-ring (bicyclic) bond motifs is 1. The molecular formula is C16H18ClN3O4. The van der Waals surface area contributed by atoms with Gasteiger partial charge in [0.1, 0.15) is 13.2 Å². The maximum Gasteiger partial charge on any atom is 0.276 e. The normalized spacial score (nSPS) is 16.4. The Labute approximate surface area is 145 Å². The molecule has 0 bridgehead atoms. The number of carbonyl (C=O) groups is 1. The van der Waals surface area contributed by atoms with E-state index >= 15 is 0 Å². The third kappa shape index (κ3) is 3.05. The first kappa shape index (κ1) is 16.6. The summed E-state index contributed by atoms with van der Waals surface area (Å²) >= 11 is 0. The van der Waals surface area contributed by atoms with Gasteiger partial charge in [0, 0.05) is 31.7 Å². The van der Waals surface area contributed by atoms with Crippen molar-refractivity contribution in [2.75, 3.05) is 39.4 Å². The molecule has 2 aromatic rings. The van der Waals surface area contributed by atoms with Gasteiger partial charge in [-0.3, -0.25) is 4.79 Å². The Kier molecular flexibility index (Phi) is 4.92. The lowest BCUT2D eigenvalue weighted by molar-refractivity contribution is 0.0731. The summed E-state index contributed by atoms with van der Waals surface area (Å²) in [7, 11) is 0. The number of hydrogen-bond donors (Lipinski definition) is 1. The van der Waals surface area contributed by atoms with Crippen molar-refractivity contribution in [2.24, 2.45) is 0 Å². The molecule has 7 nitrogen and oxygen atoms in total. The summed E-state index contributed by atoms with van der Waals surface area (Å²) in [5, 5.41) is 3.23. The summed E-state index contributed by atoms with van der Waals surface area (Å²) in [6, 6.07) is 5.50. The number of piperazine rings is 1. The molecule has 1 aromatic carbocycles. The van der Waals surface area contributed by atoms with Gasteiger partial charge in [0.25, 0.3) is 5.91 Å². The number of ether oxygens (including phenoxy) is 2. The standard InChI is InChI=1S/C16H17N3O4.ClH/c20-16(19-5-3-17-4-6-19)14-15(23-10-18-14)11-1-2-12-13(9-11)22-8-7-21-12;/h1-2,9-10,17H,3-8H2;1H. The fraction of sp³-hybridized carbons (Fsp3) is 0.375. The summed E-state index contributed by atoms with van der Waals surface area (Å²) < 4.78 is 16.6. The molecule has 4 rings (SSSR count). The van der Waals surface area contributed by atoms with Gasteiger partial charge in [0.05, 0.1) is 0 Å². The van der Waals surface area contributed by atoms with Crippen LogP contribution in [0, 0.1) is 0 Å². The maximum atomic E-state index is 12.7. The van der Waals surface area contributed by atoms with Crippen LogP contribution in [0.25, 0.3) is 11.3 Å². The van der Waals surface area contributed by atoms with E-state index in [-0.39, 0.29) is 18.3 Å². The van der Waals surface area contributed by atoms with Crippen molar-refractivity contribution < 1.29 is 18.7 Å². The van der Waals surface area contributed by atoms with Crippen molar-refractivity contribution in [3.8, 4) is 22.8 Å². The molecule has 2 aliphatic heterocycles. The van der Waals surface area contributed by atoms with Gasteiger partial charge in [-0.1, -0.05) is 0 Å². The average Bonchev–Trinajstić information content (AvgIpc) is 3.11. The second-order valence-corrected chi connectivity index (χ2v) is 5.43. The summed E-state index contributed by atoms with van der Waals surface area (Å²) in [4.78, 5) is 18.6. The first-order chi connectivity index (χ1) is 11.3. The molecule has 128 valence electrons. The number of hydrogen-bond acceptors (Lipinski definition) is 6. The van der Waals surface area contributed by atoms with Crippen LogP contribution in [0.15, 0.2) is 29.0 Å². The molecule has 0 radical (unpaired) electrons. The fourth-order valence-corrected chi connectivity index (χ4v) is 2.81. The highest BCUT2D eigenvalue weighted by Gasteiger charge is 2.25. The Morgan fingerprint density at radius 1 is 1.12 bits per heavy atom. The lowest BCUT2D eigenvalue weighted by atomic mass is 10.1. The van der Waals surface area contributed by atoms with E-state index in [2.05, 4.69) is 10.3 Å². The van der Waals surface area contributed by atoms with E-state index in [0.29, 0.717) is 49.3 Å². The average molecular weight is 352 g/mol. The fourth-order valence-electron chi connectivity index (χ4n) is 2.81. The Morgan fingerprint density at radius 2 is 1.88 bits per heavy atom. The van der Waals surface area contributed by atoms with Gasteiger partial charge in [-0.15, -0.1) is 12.4 Å². The lowest BCUT2D eigenvalue weighted by Gasteiger charge is -2.26. The highest BCUT2D eigenvalue weighted by atomic mass is 35.5. The Balaban J connectivity index is 0.00000169. The van der Waals surface area contributed by atoms with Gasteiger partial charge in [-0.05, 0) is 18.2 Å². The molecule has 8 heteroatoms. The van der Waals surface area contributed by atoms with Gasteiger partial charge in [-0.25, -0.2) is 4.98 Å². The quantitative estimate of drug-likeness (QED) is 0.885. The molecule has 0 saturated carbocycles. The number of oxazole rings is 1. The van der Waals surface area contributed by atoms with E-state index in [4.69, 9.17) is 13.9 Å². The first-order valence-electron chi connectivity index (χ1n) is 7.66. The molecule has 0 atom stereocenters. The number of aromatic nitrogens is 1. The van der Waals surface area contributed by atoms with E-state index < -0.39 is 0 Å². The van der Waals surface area contributed by atoms with Crippen molar-refractivity contribution in [1.29, 1.82) is 0 Å². The van der Waals surface area contributed by atoms with E-state index in [9.17, 15) is 4.79 Å². The number of rotatable bonds is 2. The zero-order valence-corrected chi connectivity index (χ0v) is 13.8. The number of amides is 1. The zero-order valence-electron chi connectivity index (χ0n) is 13.0. The molecule has 1 amide bonds. The molecule has 1 saturated heterocycles. The van der Waals surface area contributed by atoms with Crippen molar-refractivity contribution in [3.63, 3.8) is 0 Å². The van der Waals surface area contributed by atoms with Crippen LogP contribution >= 0.6 is 12.4 Å². The van der Waals surface area contributed by atoms with Crippen molar-refractivity contribution in [3.05, 3.63) is 30.3 Å². The summed E-state index contributed by atoms with van der Waals surface area (Å²) in [6.07, 6.45) is 1.31. The summed E-state index contributed by atoms with van der Waals surface area (Å²) in [6.45, 7) is 3.99. The zero-order chi connectivity index (χ0) is 15.6. The minimum Gasteiger partial charge on any atom is -0.486 e. The van der Waals surface area contributed by atoms with Gasteiger partial charge in [-0.2, -0.15) is 0 Å². The van der Waals surface area contributed by atoms with Crippen LogP contribution in [-0.2, 0) is 0 Å². The van der Waals surface area contributed by atoms with E-state index in [1.54, 1.807) is 4.90 Å². The third-order valence-electron chi connectivity index (χ3n) is 3.98. The molecule has 1 fully saturated rings. The van der Waals surface area contributed by atoms with Crippen molar-refractivity contribution in [2.45, 2.75) is 0 Å². The van der Waals surface area contributed by atoms with Crippen LogP contribution in [0.5, 0.6) is 11.5 Å². The predicted octanol–water partition coefficient (Wildman–Crippen LogP) is 1.58. The first-order valence-corrected chi connectivity index (χ1v) is 7.66. The second-order valence-electron chi connectivity index (χ2n) is 5.43. The third-order valence-corrected chi connectivity index (χ3v) is 3.98. The molecule has 0 aliphatic carbocycles. The summed E-state index contributed by atoms with van der Waals surface area (Å²) in [5.74, 6) is 1.72. The van der Waals surface area contributed by atoms with E-state index in [1.807, 2.05) is 18.2 Å². The van der Waals surface area contributed by atoms with Gasteiger partial charge < -0.3 is 24.1 Å². The largest absolute Gasteiger partial charge is 0.486 e. The van der Waals surface area contributed by atoms with Crippen molar-refractivity contribution in [1.82, 2.24) is 15.2 Å². The van der Waals surface area contributed by atoms with Gasteiger partial charge >= 0.3 is 0 Å². The maximum absolute atomic E-state index is 12.7. The number of carbonyl (C=O) groups excluding carboxylic acids is 1. The molecule has 2 aliphatic rings. The van der Waals surface area contributed by atoms with E-state index in [1.165, 1.54) is 6.39 Å². The molecule has 24 heavy (non-hydrogen) atoms. The Morgan fingerprint density at radius 3 is 2.67 bits per heavy atom. The Hall–Kier alpha value is -2.25. The number of nitrogens with one attached hydrogen (secondary N) is 1. The molecular weight excluding hydrogens is 334 g/mol. The SMILES string of the molecule is Cl.O=C(c1ncoc1-c1ccc2c(c1)OCCO2)N1CCNCC1. The number of halogens is 1. The van der Waals surface area contributed by atoms with Crippen molar-refractivity contribution >= 4 is 18.3 Å². The van der Waals surface area contributed by atoms with Crippen LogP contribution in [-0.4, -0.2) is 55.2 Å². The van der Waals surface area contributed by atoms with Gasteiger partial charge in [0.2, 0.25) is 0 Å². The minimum atomic E-state index is -0.106. The van der Waals surface area contributed by atoms with Crippen LogP contribution in [0.4, 0.5) is 0 Å². The topological polar surface area (TPSA) is 76.8 Å². The second kappa shape index (κ2) is 7.11. The molecule has 0 spiro atoms. The highest BCUT2D eigenvalue weighted by molar-refractivity contribution is 5.97. The molecule has 1 N–H and O–H groups in total. The van der Waals surface area contributed by atoms with Crippen LogP contribution in [0.2, 0.25) is 0 Å². The summed E-state index contributed by atoms with van der Waals surface area (Å²) in [5.41, 5.74) is 1.09. The number of benzene rings is 1. The Bertz CT molecular complexity index is 728. The lowest BCUT2D eigenvalue weighted by Crippen LogP contribution is -2.46. The molecule has 3 heterocycles. The van der Waals surface area contributed by atoms with Gasteiger partial charge in [0.15, 0.2) is 29.3 Å². The van der Waals surface area contributed by atoms with Crippen LogP contribution in [0.3, 0.4) is 0 Å². The monoisotopic (exact) mass is 351 g/mol. The molecule has 1 aromatic heterocycles. The number of nitrogens with zero attached hydrogens (tertiary/aromatic N) is 2. The van der Waals surface area contributed by atoms with Crippen LogP contribution in [0.1, 0.15) is 10.5 Å².